The fourth-order valence-corrected chi connectivity index (χ4v) is 1.56. The Morgan fingerprint density at radius 3 is 2.67 bits per heavy atom. The molecule has 0 aliphatic carbocycles. The summed E-state index contributed by atoms with van der Waals surface area (Å²) in [5.74, 6) is 2.31. The number of nitrogens with zero attached hydrogens (tertiary/aromatic N) is 4. The molecule has 92 valence electrons. The first-order chi connectivity index (χ1) is 8.70. The number of hydrogen-bond acceptors (Lipinski definition) is 5. The second-order valence-electron chi connectivity index (χ2n) is 4.02. The number of furan rings is 1. The van der Waals surface area contributed by atoms with Crippen LogP contribution >= 0.6 is 0 Å². The topological polar surface area (TPSA) is 66.0 Å². The highest BCUT2D eigenvalue weighted by molar-refractivity contribution is 5.53. The predicted molar refractivity (Wildman–Crippen MR) is 68.0 cm³/mol. The highest BCUT2D eigenvalue weighted by Gasteiger charge is 2.07. The van der Waals surface area contributed by atoms with E-state index in [0.29, 0.717) is 24.4 Å². The number of nitriles is 1. The number of hydrogen-bond donors (Lipinski definition) is 0. The molecule has 2 heterocycles. The monoisotopic (exact) mass is 242 g/mol. The second-order valence-corrected chi connectivity index (χ2v) is 4.02. The van der Waals surface area contributed by atoms with Crippen LogP contribution in [0, 0.1) is 18.3 Å². The molecule has 0 amide bonds. The molecule has 2 aromatic heterocycles. The molecule has 0 radical (unpaired) electrons. The van der Waals surface area contributed by atoms with Gasteiger partial charge in [0.25, 0.3) is 0 Å². The third-order valence-electron chi connectivity index (χ3n) is 2.59. The summed E-state index contributed by atoms with van der Waals surface area (Å²) in [4.78, 5) is 1.90. The summed E-state index contributed by atoms with van der Waals surface area (Å²) in [5.41, 5.74) is 0.709. The molecular formula is C13H14N4O. The van der Waals surface area contributed by atoms with Crippen molar-refractivity contribution in [2.75, 3.05) is 18.5 Å². The number of rotatable bonds is 4. The summed E-state index contributed by atoms with van der Waals surface area (Å²) < 4.78 is 5.48. The molecule has 0 bridgehead atoms. The largest absolute Gasteiger partial charge is 0.460 e. The molecule has 5 heteroatoms. The Hall–Kier alpha value is -2.35. The normalized spacial score (nSPS) is 10.1. The van der Waals surface area contributed by atoms with E-state index < -0.39 is 0 Å². The molecule has 0 aliphatic rings. The minimum Gasteiger partial charge on any atom is -0.460 e. The number of anilines is 1. The molecular weight excluding hydrogens is 228 g/mol. The van der Waals surface area contributed by atoms with Gasteiger partial charge in [-0.25, -0.2) is 0 Å². The Morgan fingerprint density at radius 2 is 2.11 bits per heavy atom. The molecule has 2 rings (SSSR count). The van der Waals surface area contributed by atoms with Crippen molar-refractivity contribution in [3.05, 3.63) is 30.0 Å². The maximum atomic E-state index is 8.53. The predicted octanol–water partition coefficient (Wildman–Crippen LogP) is 2.39. The maximum Gasteiger partial charge on any atom is 0.154 e. The first-order valence-electron chi connectivity index (χ1n) is 5.69. The van der Waals surface area contributed by atoms with Crippen LogP contribution in [0.2, 0.25) is 0 Å². The fraction of sp³-hybridized carbons (Fsp3) is 0.308. The third kappa shape index (κ3) is 2.66. The van der Waals surface area contributed by atoms with Gasteiger partial charge >= 0.3 is 0 Å². The van der Waals surface area contributed by atoms with Crippen molar-refractivity contribution in [3.63, 3.8) is 0 Å². The average Bonchev–Trinajstić information content (AvgIpc) is 2.83. The van der Waals surface area contributed by atoms with Crippen molar-refractivity contribution in [2.24, 2.45) is 0 Å². The lowest BCUT2D eigenvalue weighted by Gasteiger charge is -2.15. The van der Waals surface area contributed by atoms with E-state index in [1.54, 1.807) is 0 Å². The Bertz CT molecular complexity index is 553. The van der Waals surface area contributed by atoms with Crippen LogP contribution in [0.1, 0.15) is 12.2 Å². The van der Waals surface area contributed by atoms with E-state index in [4.69, 9.17) is 9.68 Å². The zero-order chi connectivity index (χ0) is 13.0. The smallest absolute Gasteiger partial charge is 0.154 e. The molecule has 0 saturated carbocycles. The molecule has 0 aromatic carbocycles. The van der Waals surface area contributed by atoms with E-state index in [1.807, 2.05) is 43.1 Å². The zero-order valence-electron chi connectivity index (χ0n) is 10.4. The van der Waals surface area contributed by atoms with Crippen molar-refractivity contribution in [3.8, 4) is 17.5 Å². The Kier molecular flexibility index (Phi) is 3.58. The lowest BCUT2D eigenvalue weighted by Crippen LogP contribution is -2.19. The van der Waals surface area contributed by atoms with E-state index in [2.05, 4.69) is 16.3 Å². The van der Waals surface area contributed by atoms with Crippen LogP contribution in [-0.2, 0) is 0 Å². The SMILES string of the molecule is Cc1ccc(-c2ccc(N(C)CCC#N)nn2)o1. The van der Waals surface area contributed by atoms with Crippen molar-refractivity contribution in [1.82, 2.24) is 10.2 Å². The van der Waals surface area contributed by atoms with Gasteiger partial charge in [0, 0.05) is 13.6 Å². The van der Waals surface area contributed by atoms with Crippen LogP contribution in [0.25, 0.3) is 11.5 Å². The van der Waals surface area contributed by atoms with Gasteiger partial charge in [-0.15, -0.1) is 10.2 Å². The summed E-state index contributed by atoms with van der Waals surface area (Å²) in [6, 6.07) is 9.61. The molecule has 0 fully saturated rings. The highest BCUT2D eigenvalue weighted by atomic mass is 16.3. The minimum atomic E-state index is 0.470. The zero-order valence-corrected chi connectivity index (χ0v) is 10.4. The van der Waals surface area contributed by atoms with Crippen LogP contribution in [0.15, 0.2) is 28.7 Å². The summed E-state index contributed by atoms with van der Waals surface area (Å²) in [6.45, 7) is 2.53. The average molecular weight is 242 g/mol. The van der Waals surface area contributed by atoms with Gasteiger partial charge in [0.15, 0.2) is 11.6 Å². The van der Waals surface area contributed by atoms with Crippen LogP contribution in [0.3, 0.4) is 0 Å². The standard InChI is InChI=1S/C13H14N4O/c1-10-4-6-12(18-10)11-5-7-13(16-15-11)17(2)9-3-8-14/h4-7H,3,9H2,1-2H3. The Labute approximate surface area is 106 Å². The number of aromatic nitrogens is 2. The number of aryl methyl sites for hydroxylation is 1. The molecule has 0 spiro atoms. The molecule has 2 aromatic rings. The first kappa shape index (κ1) is 12.1. The molecule has 5 nitrogen and oxygen atoms in total. The van der Waals surface area contributed by atoms with Crippen LogP contribution in [0.5, 0.6) is 0 Å². The Balaban J connectivity index is 2.13. The molecule has 0 unspecified atom stereocenters. The molecule has 0 atom stereocenters. The minimum absolute atomic E-state index is 0.470. The van der Waals surface area contributed by atoms with Crippen molar-refractivity contribution < 1.29 is 4.42 Å². The van der Waals surface area contributed by atoms with Crippen LogP contribution in [0.4, 0.5) is 5.82 Å². The van der Waals surface area contributed by atoms with Crippen LogP contribution in [-0.4, -0.2) is 23.8 Å². The molecule has 18 heavy (non-hydrogen) atoms. The highest BCUT2D eigenvalue weighted by Crippen LogP contribution is 2.20. The van der Waals surface area contributed by atoms with Crippen LogP contribution < -0.4 is 4.90 Å². The molecule has 0 saturated heterocycles. The maximum absolute atomic E-state index is 8.53. The van der Waals surface area contributed by atoms with Gasteiger partial charge in [0.05, 0.1) is 12.5 Å². The third-order valence-corrected chi connectivity index (χ3v) is 2.59. The van der Waals surface area contributed by atoms with Gasteiger partial charge in [-0.2, -0.15) is 5.26 Å². The van der Waals surface area contributed by atoms with Gasteiger partial charge in [0.2, 0.25) is 0 Å². The van der Waals surface area contributed by atoms with Gasteiger partial charge < -0.3 is 9.32 Å². The van der Waals surface area contributed by atoms with Crippen molar-refractivity contribution >= 4 is 5.82 Å². The fourth-order valence-electron chi connectivity index (χ4n) is 1.56. The first-order valence-corrected chi connectivity index (χ1v) is 5.69. The summed E-state index contributed by atoms with van der Waals surface area (Å²) in [7, 11) is 1.89. The van der Waals surface area contributed by atoms with Crippen molar-refractivity contribution in [1.29, 1.82) is 5.26 Å². The van der Waals surface area contributed by atoms with E-state index in [0.717, 1.165) is 11.6 Å². The van der Waals surface area contributed by atoms with Crippen molar-refractivity contribution in [2.45, 2.75) is 13.3 Å². The van der Waals surface area contributed by atoms with E-state index in [1.165, 1.54) is 0 Å². The summed E-state index contributed by atoms with van der Waals surface area (Å²) in [5, 5.41) is 16.8. The lowest BCUT2D eigenvalue weighted by molar-refractivity contribution is 0.545. The molecule has 0 aliphatic heterocycles. The van der Waals surface area contributed by atoms with E-state index >= 15 is 0 Å². The van der Waals surface area contributed by atoms with Gasteiger partial charge in [-0.05, 0) is 31.2 Å². The quantitative estimate of drug-likeness (QED) is 0.823. The Morgan fingerprint density at radius 1 is 1.28 bits per heavy atom. The van der Waals surface area contributed by atoms with Gasteiger partial charge in [-0.1, -0.05) is 0 Å². The summed E-state index contributed by atoms with van der Waals surface area (Å²) >= 11 is 0. The lowest BCUT2D eigenvalue weighted by atomic mass is 10.3. The van der Waals surface area contributed by atoms with Gasteiger partial charge in [-0.3, -0.25) is 0 Å². The van der Waals surface area contributed by atoms with E-state index in [-0.39, 0.29) is 0 Å². The van der Waals surface area contributed by atoms with E-state index in [9.17, 15) is 0 Å². The van der Waals surface area contributed by atoms with Gasteiger partial charge in [0.1, 0.15) is 11.5 Å². The summed E-state index contributed by atoms with van der Waals surface area (Å²) in [6.07, 6.45) is 0.470. The second kappa shape index (κ2) is 5.32. The molecule has 0 N–H and O–H groups in total.